The van der Waals surface area contributed by atoms with E-state index in [4.69, 9.17) is 16.3 Å². The summed E-state index contributed by atoms with van der Waals surface area (Å²) < 4.78 is 31.6. The van der Waals surface area contributed by atoms with Crippen LogP contribution in [0.25, 0.3) is 0 Å². The molecule has 1 aliphatic heterocycles. The fourth-order valence-electron chi connectivity index (χ4n) is 2.01. The van der Waals surface area contributed by atoms with Gasteiger partial charge in [0.25, 0.3) is 0 Å². The standard InChI is InChI=1S/C14H13ClN2O3S/c15-11-4-6-13(7-5-11)21(18,19)17-9-12(10-17)20-14-3-1-2-8-16-14/h1-8,12H,9-10H2. The predicted octanol–water partition coefficient (Wildman–Crippen LogP) is 2.19. The van der Waals surface area contributed by atoms with Crippen molar-refractivity contribution in [3.63, 3.8) is 0 Å². The Kier molecular flexibility index (Phi) is 3.84. The molecule has 0 spiro atoms. The Labute approximate surface area is 128 Å². The zero-order chi connectivity index (χ0) is 14.9. The van der Waals surface area contributed by atoms with Gasteiger partial charge in [-0.15, -0.1) is 0 Å². The van der Waals surface area contributed by atoms with Gasteiger partial charge in [-0.1, -0.05) is 17.7 Å². The highest BCUT2D eigenvalue weighted by molar-refractivity contribution is 7.89. The van der Waals surface area contributed by atoms with E-state index < -0.39 is 10.0 Å². The smallest absolute Gasteiger partial charge is 0.243 e. The van der Waals surface area contributed by atoms with E-state index in [1.165, 1.54) is 16.4 Å². The second-order valence-corrected chi connectivity index (χ2v) is 7.06. The van der Waals surface area contributed by atoms with Crippen molar-refractivity contribution in [3.05, 3.63) is 53.7 Å². The average molecular weight is 325 g/mol. The number of hydrogen-bond donors (Lipinski definition) is 0. The summed E-state index contributed by atoms with van der Waals surface area (Å²) in [5, 5.41) is 0.508. The third-order valence-corrected chi connectivity index (χ3v) is 5.29. The van der Waals surface area contributed by atoms with Crippen LogP contribution >= 0.6 is 11.6 Å². The lowest BCUT2D eigenvalue weighted by molar-refractivity contribution is 0.0721. The molecular weight excluding hydrogens is 312 g/mol. The quantitative estimate of drug-likeness (QED) is 0.865. The van der Waals surface area contributed by atoms with Crippen LogP contribution in [0, 0.1) is 0 Å². The first-order valence-electron chi connectivity index (χ1n) is 6.39. The topological polar surface area (TPSA) is 59.5 Å². The maximum Gasteiger partial charge on any atom is 0.243 e. The van der Waals surface area contributed by atoms with Crippen LogP contribution in [0.15, 0.2) is 53.6 Å². The Morgan fingerprint density at radius 3 is 2.48 bits per heavy atom. The van der Waals surface area contributed by atoms with Crippen LogP contribution in [0.4, 0.5) is 0 Å². The Morgan fingerprint density at radius 1 is 1.14 bits per heavy atom. The summed E-state index contributed by atoms with van der Waals surface area (Å²) in [6.07, 6.45) is 1.47. The lowest BCUT2D eigenvalue weighted by atomic mass is 10.2. The first kappa shape index (κ1) is 14.3. The Morgan fingerprint density at radius 2 is 1.86 bits per heavy atom. The van der Waals surface area contributed by atoms with Gasteiger partial charge in [0.2, 0.25) is 15.9 Å². The Balaban J connectivity index is 1.64. The number of sulfonamides is 1. The second-order valence-electron chi connectivity index (χ2n) is 4.68. The molecule has 2 aromatic rings. The maximum absolute atomic E-state index is 12.3. The number of hydrogen-bond acceptors (Lipinski definition) is 4. The van der Waals surface area contributed by atoms with Crippen LogP contribution in [0.2, 0.25) is 5.02 Å². The summed E-state index contributed by atoms with van der Waals surface area (Å²) in [5.41, 5.74) is 0. The maximum atomic E-state index is 12.3. The van der Waals surface area contributed by atoms with Crippen LogP contribution in [0.1, 0.15) is 0 Å². The van der Waals surface area contributed by atoms with E-state index in [1.54, 1.807) is 30.5 Å². The van der Waals surface area contributed by atoms with Crippen molar-refractivity contribution in [2.24, 2.45) is 0 Å². The van der Waals surface area contributed by atoms with E-state index in [1.807, 2.05) is 6.07 Å². The molecule has 0 amide bonds. The minimum Gasteiger partial charge on any atom is -0.472 e. The van der Waals surface area contributed by atoms with E-state index >= 15 is 0 Å². The SMILES string of the molecule is O=S(=O)(c1ccc(Cl)cc1)N1CC(Oc2ccccn2)C1. The molecule has 1 fully saturated rings. The zero-order valence-corrected chi connectivity index (χ0v) is 12.6. The van der Waals surface area contributed by atoms with Crippen LogP contribution < -0.4 is 4.74 Å². The van der Waals surface area contributed by atoms with Gasteiger partial charge in [-0.2, -0.15) is 4.31 Å². The lowest BCUT2D eigenvalue weighted by Gasteiger charge is -2.37. The highest BCUT2D eigenvalue weighted by atomic mass is 35.5. The van der Waals surface area contributed by atoms with Gasteiger partial charge in [-0.3, -0.25) is 0 Å². The zero-order valence-electron chi connectivity index (χ0n) is 11.0. The van der Waals surface area contributed by atoms with Crippen molar-refractivity contribution in [3.8, 4) is 5.88 Å². The van der Waals surface area contributed by atoms with Gasteiger partial charge in [-0.25, -0.2) is 13.4 Å². The van der Waals surface area contributed by atoms with E-state index in [0.717, 1.165) is 0 Å². The van der Waals surface area contributed by atoms with E-state index in [9.17, 15) is 8.42 Å². The molecule has 0 atom stereocenters. The first-order chi connectivity index (χ1) is 10.1. The van der Waals surface area contributed by atoms with Gasteiger partial charge in [0.15, 0.2) is 0 Å². The number of benzene rings is 1. The summed E-state index contributed by atoms with van der Waals surface area (Å²) in [6, 6.07) is 11.5. The molecule has 0 bridgehead atoms. The largest absolute Gasteiger partial charge is 0.472 e. The van der Waals surface area contributed by atoms with Gasteiger partial charge in [0.1, 0.15) is 6.10 Å². The fraction of sp³-hybridized carbons (Fsp3) is 0.214. The molecule has 0 N–H and O–H groups in total. The molecule has 0 radical (unpaired) electrons. The number of halogens is 1. The van der Waals surface area contributed by atoms with Crippen LogP contribution in [0.5, 0.6) is 5.88 Å². The van der Waals surface area contributed by atoms with E-state index in [-0.39, 0.29) is 11.0 Å². The molecule has 1 aromatic heterocycles. The summed E-state index contributed by atoms with van der Waals surface area (Å²) in [4.78, 5) is 4.29. The molecule has 5 nitrogen and oxygen atoms in total. The normalized spacial score (nSPS) is 16.4. The van der Waals surface area contributed by atoms with Gasteiger partial charge in [0, 0.05) is 17.3 Å². The molecule has 0 unspecified atom stereocenters. The van der Waals surface area contributed by atoms with E-state index in [0.29, 0.717) is 24.0 Å². The Bertz CT molecular complexity index is 714. The van der Waals surface area contributed by atoms with Crippen molar-refractivity contribution < 1.29 is 13.2 Å². The summed E-state index contributed by atoms with van der Waals surface area (Å²) >= 11 is 5.77. The monoisotopic (exact) mass is 324 g/mol. The summed E-state index contributed by atoms with van der Waals surface area (Å²) in [5.74, 6) is 0.506. The van der Waals surface area contributed by atoms with Crippen molar-refractivity contribution in [2.45, 2.75) is 11.0 Å². The molecule has 3 rings (SSSR count). The minimum atomic E-state index is -3.47. The summed E-state index contributed by atoms with van der Waals surface area (Å²) in [7, 11) is -3.47. The molecule has 2 heterocycles. The van der Waals surface area contributed by atoms with Crippen molar-refractivity contribution in [1.82, 2.24) is 9.29 Å². The number of rotatable bonds is 4. The van der Waals surface area contributed by atoms with Gasteiger partial charge < -0.3 is 4.74 Å². The third-order valence-electron chi connectivity index (χ3n) is 3.19. The molecular formula is C14H13ClN2O3S. The second kappa shape index (κ2) is 5.63. The molecule has 21 heavy (non-hydrogen) atoms. The van der Waals surface area contributed by atoms with Gasteiger partial charge >= 0.3 is 0 Å². The van der Waals surface area contributed by atoms with Crippen LogP contribution in [-0.4, -0.2) is 36.9 Å². The highest BCUT2D eigenvalue weighted by Gasteiger charge is 2.38. The first-order valence-corrected chi connectivity index (χ1v) is 8.21. The van der Waals surface area contributed by atoms with E-state index in [2.05, 4.69) is 4.98 Å². The average Bonchev–Trinajstić information content (AvgIpc) is 2.44. The molecule has 0 aliphatic carbocycles. The number of ether oxygens (including phenoxy) is 1. The lowest BCUT2D eigenvalue weighted by Crippen LogP contribution is -2.56. The third kappa shape index (κ3) is 3.02. The Hall–Kier alpha value is -1.63. The molecule has 0 saturated carbocycles. The molecule has 7 heteroatoms. The van der Waals surface area contributed by atoms with Crippen LogP contribution in [0.3, 0.4) is 0 Å². The molecule has 1 aliphatic rings. The van der Waals surface area contributed by atoms with Crippen molar-refractivity contribution >= 4 is 21.6 Å². The van der Waals surface area contributed by atoms with Gasteiger partial charge in [0.05, 0.1) is 18.0 Å². The number of aromatic nitrogens is 1. The predicted molar refractivity (Wildman–Crippen MR) is 78.9 cm³/mol. The van der Waals surface area contributed by atoms with Crippen LogP contribution in [-0.2, 0) is 10.0 Å². The molecule has 1 saturated heterocycles. The minimum absolute atomic E-state index is 0.165. The molecule has 1 aromatic carbocycles. The molecule has 110 valence electrons. The van der Waals surface area contributed by atoms with Crippen molar-refractivity contribution in [1.29, 1.82) is 0 Å². The van der Waals surface area contributed by atoms with Gasteiger partial charge in [-0.05, 0) is 30.3 Å². The highest BCUT2D eigenvalue weighted by Crippen LogP contribution is 2.24. The summed E-state index contributed by atoms with van der Waals surface area (Å²) in [6.45, 7) is 0.642. The number of pyridine rings is 1. The van der Waals surface area contributed by atoms with Crippen molar-refractivity contribution in [2.75, 3.05) is 13.1 Å². The number of nitrogens with zero attached hydrogens (tertiary/aromatic N) is 2. The fourth-order valence-corrected chi connectivity index (χ4v) is 3.64.